The number of hydrogen-bond donors (Lipinski definition) is 0. The van der Waals surface area contributed by atoms with E-state index in [1.807, 2.05) is 0 Å². The molecular formula is C18H42N4SeSiSn. The van der Waals surface area contributed by atoms with Gasteiger partial charge in [0, 0.05) is 0 Å². The second-order valence-corrected chi connectivity index (χ2v) is 33.1. The molecule has 7 heteroatoms. The zero-order valence-electron chi connectivity index (χ0n) is 19.2. The molecule has 0 aromatic rings. The van der Waals surface area contributed by atoms with Gasteiger partial charge in [-0.15, -0.1) is 0 Å². The molecule has 0 unspecified atom stereocenters. The molecule has 2 saturated heterocycles. The van der Waals surface area contributed by atoms with Crippen molar-refractivity contribution in [3.63, 3.8) is 0 Å². The van der Waals surface area contributed by atoms with Crippen LogP contribution in [0.5, 0.6) is 0 Å². The van der Waals surface area contributed by atoms with Gasteiger partial charge >= 0.3 is 171 Å². The Morgan fingerprint density at radius 2 is 0.840 bits per heavy atom. The number of hydrogen-bond acceptors (Lipinski definition) is 4. The van der Waals surface area contributed by atoms with Crippen LogP contribution in [0.3, 0.4) is 0 Å². The third-order valence-electron chi connectivity index (χ3n) is 4.96. The Balaban J connectivity index is 2.74. The molecule has 2 heterocycles. The summed E-state index contributed by atoms with van der Waals surface area (Å²) in [6, 6.07) is 0. The van der Waals surface area contributed by atoms with Crippen LogP contribution in [0.4, 0.5) is 0 Å². The Morgan fingerprint density at radius 3 is 1.04 bits per heavy atom. The van der Waals surface area contributed by atoms with Crippen molar-refractivity contribution >= 4 is 43.3 Å². The van der Waals surface area contributed by atoms with Gasteiger partial charge in [0.1, 0.15) is 0 Å². The van der Waals surface area contributed by atoms with E-state index in [0.29, 0.717) is 15.4 Å². The molecule has 0 aliphatic carbocycles. The second-order valence-electron chi connectivity index (χ2n) is 12.1. The van der Waals surface area contributed by atoms with Crippen LogP contribution in [0.2, 0.25) is 13.1 Å². The molecular weight excluding hydrogens is 498 g/mol. The molecule has 1 spiro atoms. The summed E-state index contributed by atoms with van der Waals surface area (Å²) in [4.78, 5) is 0. The number of nitrogens with zero attached hydrogens (tertiary/aromatic N) is 4. The molecule has 0 atom stereocenters. The molecule has 0 bridgehead atoms. The summed E-state index contributed by atoms with van der Waals surface area (Å²) in [6.07, 6.45) is 0. The van der Waals surface area contributed by atoms with Gasteiger partial charge < -0.3 is 0 Å². The molecule has 4 nitrogen and oxygen atoms in total. The maximum absolute atomic E-state index is 3.10. The Hall–Kier alpha value is 1.38. The molecule has 0 radical (unpaired) electrons. The van der Waals surface area contributed by atoms with Crippen molar-refractivity contribution in [2.24, 2.45) is 0 Å². The summed E-state index contributed by atoms with van der Waals surface area (Å²) in [5.74, 6) is 0. The van der Waals surface area contributed by atoms with Crippen molar-refractivity contribution in [2.45, 2.75) is 118 Å². The zero-order valence-corrected chi connectivity index (χ0v) is 24.8. The topological polar surface area (TPSA) is 13.0 Å². The van der Waals surface area contributed by atoms with Gasteiger partial charge in [-0.1, -0.05) is 0 Å². The van der Waals surface area contributed by atoms with E-state index in [1.54, 1.807) is 0 Å². The molecule has 0 saturated carbocycles. The van der Waals surface area contributed by atoms with E-state index < -0.39 is 27.9 Å². The SMILES string of the molecule is CC(C)(C)[N]1[Se][N](C(C)(C)C)[Sn]12[N](C(C)(C)C)[Si](C)(C)[N]2C(C)(C)C. The Kier molecular flexibility index (Phi) is 5.39. The fourth-order valence-electron chi connectivity index (χ4n) is 5.18. The fraction of sp³-hybridized carbons (Fsp3) is 1.00. The van der Waals surface area contributed by atoms with Crippen molar-refractivity contribution in [1.29, 1.82) is 0 Å². The first-order valence-corrected chi connectivity index (χ1v) is 19.1. The van der Waals surface area contributed by atoms with Crippen LogP contribution in [-0.4, -0.2) is 75.3 Å². The Morgan fingerprint density at radius 1 is 0.560 bits per heavy atom. The van der Waals surface area contributed by atoms with Crippen molar-refractivity contribution < 1.29 is 0 Å². The van der Waals surface area contributed by atoms with E-state index >= 15 is 0 Å². The normalized spacial score (nSPS) is 26.6. The molecule has 0 aromatic heterocycles. The molecule has 2 rings (SSSR count). The van der Waals surface area contributed by atoms with Gasteiger partial charge in [0.05, 0.1) is 0 Å². The van der Waals surface area contributed by atoms with Crippen LogP contribution < -0.4 is 0 Å². The third-order valence-corrected chi connectivity index (χ3v) is 48.4. The second kappa shape index (κ2) is 5.94. The fourth-order valence-corrected chi connectivity index (χ4v) is 56.6. The molecule has 0 N–H and O–H groups in total. The minimum absolute atomic E-state index is 0.233. The summed E-state index contributed by atoms with van der Waals surface area (Å²) >= 11 is -2.62. The van der Waals surface area contributed by atoms with Crippen LogP contribution in [0.1, 0.15) is 83.1 Å². The van der Waals surface area contributed by atoms with Crippen molar-refractivity contribution in [2.75, 3.05) is 0 Å². The van der Waals surface area contributed by atoms with E-state index in [2.05, 4.69) is 106 Å². The van der Waals surface area contributed by atoms with Gasteiger partial charge in [0.15, 0.2) is 0 Å². The molecule has 148 valence electrons. The van der Waals surface area contributed by atoms with E-state index in [4.69, 9.17) is 0 Å². The van der Waals surface area contributed by atoms with Gasteiger partial charge in [-0.3, -0.25) is 0 Å². The first-order chi connectivity index (χ1) is 10.7. The maximum atomic E-state index is 3.10. The van der Waals surface area contributed by atoms with Crippen LogP contribution >= 0.6 is 0 Å². The van der Waals surface area contributed by atoms with E-state index in [0.717, 1.165) is 0 Å². The van der Waals surface area contributed by atoms with E-state index in [1.165, 1.54) is 0 Å². The van der Waals surface area contributed by atoms with Gasteiger partial charge in [-0.05, 0) is 0 Å². The average Bonchev–Trinajstić information content (AvgIpc) is 2.14. The summed E-state index contributed by atoms with van der Waals surface area (Å²) < 4.78 is 12.2. The van der Waals surface area contributed by atoms with Crippen molar-refractivity contribution in [3.05, 3.63) is 0 Å². The molecule has 2 aliphatic heterocycles. The monoisotopic (exact) mass is 542 g/mol. The van der Waals surface area contributed by atoms with E-state index in [-0.39, 0.29) is 22.2 Å². The Labute approximate surface area is 170 Å². The standard InChI is InChI=1S/C10H24N2Si.C8H18N2Se.Sn/c1-9(2,3)11-13(7,8)12-10(4,5)6;1-7(2,3)9-11-10-8(4,5)6;/h1-8H3;1-6H3;/q2*-2;+4. The summed E-state index contributed by atoms with van der Waals surface area (Å²) in [5.41, 5.74) is 0.958. The predicted octanol–water partition coefficient (Wildman–Crippen LogP) is 4.09. The van der Waals surface area contributed by atoms with Crippen LogP contribution in [0.25, 0.3) is 0 Å². The van der Waals surface area contributed by atoms with Crippen LogP contribution in [-0.2, 0) is 0 Å². The molecule has 0 amide bonds. The van der Waals surface area contributed by atoms with Crippen molar-refractivity contribution in [1.82, 2.24) is 9.85 Å². The van der Waals surface area contributed by atoms with Crippen molar-refractivity contribution in [3.8, 4) is 0 Å². The minimum atomic E-state index is -3.07. The van der Waals surface area contributed by atoms with Crippen LogP contribution in [0.15, 0.2) is 0 Å². The molecule has 25 heavy (non-hydrogen) atoms. The van der Waals surface area contributed by atoms with Gasteiger partial charge in [-0.2, -0.15) is 0 Å². The zero-order chi connectivity index (χ0) is 20.0. The summed E-state index contributed by atoms with van der Waals surface area (Å²) in [5, 5.41) is 0. The van der Waals surface area contributed by atoms with E-state index in [9.17, 15) is 0 Å². The van der Waals surface area contributed by atoms with Crippen LogP contribution in [0, 0.1) is 0 Å². The van der Waals surface area contributed by atoms with Gasteiger partial charge in [-0.25, -0.2) is 0 Å². The number of rotatable bonds is 0. The third kappa shape index (κ3) is 3.24. The molecule has 2 aliphatic rings. The first kappa shape index (κ1) is 22.7. The average molecular weight is 540 g/mol. The molecule has 2 fully saturated rings. The van der Waals surface area contributed by atoms with Gasteiger partial charge in [0.2, 0.25) is 0 Å². The quantitative estimate of drug-likeness (QED) is 0.430. The molecule has 0 aromatic carbocycles. The summed E-state index contributed by atoms with van der Waals surface area (Å²) in [7, 11) is -1.64. The summed E-state index contributed by atoms with van der Waals surface area (Å²) in [6.45, 7) is 34.5. The van der Waals surface area contributed by atoms with Gasteiger partial charge in [0.25, 0.3) is 0 Å². The Bertz CT molecular complexity index is 493. The predicted molar refractivity (Wildman–Crippen MR) is 115 cm³/mol. The first-order valence-electron chi connectivity index (χ1n) is 9.60.